The first-order chi connectivity index (χ1) is 8.98. The lowest BCUT2D eigenvalue weighted by molar-refractivity contribution is 0.0911. The van der Waals surface area contributed by atoms with Gasteiger partial charge < -0.3 is 0 Å². The molecule has 0 fully saturated rings. The van der Waals surface area contributed by atoms with E-state index in [4.69, 9.17) is 5.10 Å². The summed E-state index contributed by atoms with van der Waals surface area (Å²) in [4.78, 5) is 12.4. The standard InChI is InChI=1S/C15H24N2OS/c1-5-7-17-12(6-8-19-4)14-11(16-17)9-15(2,3)10-13(14)18/h5-10H2,1-4H3. The molecule has 0 spiro atoms. The van der Waals surface area contributed by atoms with Gasteiger partial charge in [-0.3, -0.25) is 9.48 Å². The van der Waals surface area contributed by atoms with Crippen molar-refractivity contribution in [3.8, 4) is 0 Å². The van der Waals surface area contributed by atoms with Crippen LogP contribution in [0.2, 0.25) is 0 Å². The number of carbonyl (C=O) groups is 1. The Balaban J connectivity index is 2.41. The first kappa shape index (κ1) is 14.6. The number of carbonyl (C=O) groups excluding carboxylic acids is 1. The minimum Gasteiger partial charge on any atom is -0.294 e. The Bertz CT molecular complexity index is 477. The summed E-state index contributed by atoms with van der Waals surface area (Å²) in [5.74, 6) is 1.35. The average Bonchev–Trinajstić information content (AvgIpc) is 2.63. The van der Waals surface area contributed by atoms with Crippen LogP contribution in [0.25, 0.3) is 0 Å². The third-order valence-electron chi connectivity index (χ3n) is 3.67. The summed E-state index contributed by atoms with van der Waals surface area (Å²) in [7, 11) is 0. The predicted molar refractivity (Wildman–Crippen MR) is 81.0 cm³/mol. The maximum Gasteiger partial charge on any atom is 0.167 e. The number of nitrogens with zero attached hydrogens (tertiary/aromatic N) is 2. The van der Waals surface area contributed by atoms with Gasteiger partial charge in [-0.1, -0.05) is 20.8 Å². The molecule has 1 aromatic rings. The fourth-order valence-corrected chi connectivity index (χ4v) is 3.28. The Morgan fingerprint density at radius 2 is 2.11 bits per heavy atom. The van der Waals surface area contributed by atoms with E-state index in [0.717, 1.165) is 42.8 Å². The lowest BCUT2D eigenvalue weighted by Crippen LogP contribution is -2.27. The molecule has 106 valence electrons. The minimum atomic E-state index is 0.0618. The summed E-state index contributed by atoms with van der Waals surface area (Å²) in [5, 5.41) is 4.73. The number of aromatic nitrogens is 2. The fourth-order valence-electron chi connectivity index (χ4n) is 2.89. The Kier molecular flexibility index (Phi) is 4.39. The molecule has 1 aliphatic carbocycles. The summed E-state index contributed by atoms with van der Waals surface area (Å²) in [5.41, 5.74) is 3.21. The molecule has 0 saturated heterocycles. The smallest absolute Gasteiger partial charge is 0.167 e. The van der Waals surface area contributed by atoms with Crippen molar-refractivity contribution in [1.82, 2.24) is 9.78 Å². The monoisotopic (exact) mass is 280 g/mol. The van der Waals surface area contributed by atoms with Crippen LogP contribution < -0.4 is 0 Å². The van der Waals surface area contributed by atoms with Gasteiger partial charge in [0.2, 0.25) is 0 Å². The Hall–Kier alpha value is -0.770. The molecule has 0 bridgehead atoms. The van der Waals surface area contributed by atoms with Gasteiger partial charge in [-0.25, -0.2) is 0 Å². The van der Waals surface area contributed by atoms with Crippen LogP contribution in [-0.2, 0) is 19.4 Å². The van der Waals surface area contributed by atoms with E-state index in [2.05, 4.69) is 31.7 Å². The van der Waals surface area contributed by atoms with Crippen LogP contribution in [0.15, 0.2) is 0 Å². The van der Waals surface area contributed by atoms with E-state index >= 15 is 0 Å². The summed E-state index contributed by atoms with van der Waals surface area (Å²) >= 11 is 1.83. The van der Waals surface area contributed by atoms with Crippen LogP contribution in [0.5, 0.6) is 0 Å². The van der Waals surface area contributed by atoms with Crippen molar-refractivity contribution in [2.24, 2.45) is 5.41 Å². The summed E-state index contributed by atoms with van der Waals surface area (Å²) < 4.78 is 2.08. The van der Waals surface area contributed by atoms with Gasteiger partial charge in [0.05, 0.1) is 17.0 Å². The average molecular weight is 280 g/mol. The molecule has 0 aromatic carbocycles. The molecule has 0 aliphatic heterocycles. The second-order valence-corrected chi connectivity index (χ2v) is 7.16. The SMILES string of the molecule is CCCn1nc2c(c1CCSC)C(=O)CC(C)(C)C2. The molecule has 0 unspecified atom stereocenters. The summed E-state index contributed by atoms with van der Waals surface area (Å²) in [6.07, 6.45) is 5.71. The number of thioether (sulfide) groups is 1. The van der Waals surface area contributed by atoms with Gasteiger partial charge in [0.1, 0.15) is 0 Å². The summed E-state index contributed by atoms with van der Waals surface area (Å²) in [6.45, 7) is 7.40. The van der Waals surface area contributed by atoms with Crippen LogP contribution >= 0.6 is 11.8 Å². The number of Topliss-reactive ketones (excluding diaryl/α,β-unsaturated/α-hetero) is 1. The quantitative estimate of drug-likeness (QED) is 0.829. The highest BCUT2D eigenvalue weighted by Crippen LogP contribution is 2.36. The Labute approximate surface area is 120 Å². The van der Waals surface area contributed by atoms with Crippen molar-refractivity contribution in [2.75, 3.05) is 12.0 Å². The van der Waals surface area contributed by atoms with Crippen LogP contribution in [-0.4, -0.2) is 27.6 Å². The van der Waals surface area contributed by atoms with Crippen LogP contribution in [0.1, 0.15) is 55.4 Å². The Morgan fingerprint density at radius 1 is 1.37 bits per heavy atom. The molecule has 3 nitrogen and oxygen atoms in total. The van der Waals surface area contributed by atoms with Crippen LogP contribution in [0.3, 0.4) is 0 Å². The van der Waals surface area contributed by atoms with Gasteiger partial charge in [-0.2, -0.15) is 16.9 Å². The molecular weight excluding hydrogens is 256 g/mol. The lowest BCUT2D eigenvalue weighted by atomic mass is 9.75. The number of rotatable bonds is 5. The zero-order valence-electron chi connectivity index (χ0n) is 12.5. The largest absolute Gasteiger partial charge is 0.294 e. The number of ketones is 1. The maximum atomic E-state index is 12.4. The van der Waals surface area contributed by atoms with E-state index in [-0.39, 0.29) is 5.41 Å². The van der Waals surface area contributed by atoms with Crippen LogP contribution in [0, 0.1) is 5.41 Å². The highest BCUT2D eigenvalue weighted by molar-refractivity contribution is 7.98. The maximum absolute atomic E-state index is 12.4. The van der Waals surface area contributed by atoms with Crippen molar-refractivity contribution in [3.63, 3.8) is 0 Å². The zero-order chi connectivity index (χ0) is 14.0. The van der Waals surface area contributed by atoms with Crippen molar-refractivity contribution < 1.29 is 4.79 Å². The molecule has 0 N–H and O–H groups in total. The third kappa shape index (κ3) is 3.04. The van der Waals surface area contributed by atoms with E-state index in [1.165, 1.54) is 5.69 Å². The number of aryl methyl sites for hydroxylation is 1. The topological polar surface area (TPSA) is 34.9 Å². The minimum absolute atomic E-state index is 0.0618. The molecule has 0 saturated carbocycles. The van der Waals surface area contributed by atoms with E-state index in [0.29, 0.717) is 12.2 Å². The van der Waals surface area contributed by atoms with Crippen LogP contribution in [0.4, 0.5) is 0 Å². The first-order valence-electron chi connectivity index (χ1n) is 7.09. The van der Waals surface area contributed by atoms with Gasteiger partial charge in [0, 0.05) is 13.0 Å². The van der Waals surface area contributed by atoms with E-state index in [9.17, 15) is 4.79 Å². The van der Waals surface area contributed by atoms with Gasteiger partial charge in [-0.05, 0) is 36.7 Å². The molecule has 1 aromatic heterocycles. The number of hydrogen-bond donors (Lipinski definition) is 0. The van der Waals surface area contributed by atoms with E-state index in [1.54, 1.807) is 0 Å². The molecule has 4 heteroatoms. The number of fused-ring (bicyclic) bond motifs is 1. The van der Waals surface area contributed by atoms with Gasteiger partial charge >= 0.3 is 0 Å². The van der Waals surface area contributed by atoms with Crippen molar-refractivity contribution in [1.29, 1.82) is 0 Å². The van der Waals surface area contributed by atoms with Crippen molar-refractivity contribution >= 4 is 17.5 Å². The Morgan fingerprint density at radius 3 is 2.74 bits per heavy atom. The molecule has 2 rings (SSSR count). The summed E-state index contributed by atoms with van der Waals surface area (Å²) in [6, 6.07) is 0. The second-order valence-electron chi connectivity index (χ2n) is 6.18. The van der Waals surface area contributed by atoms with Crippen molar-refractivity contribution in [2.45, 2.75) is 53.0 Å². The van der Waals surface area contributed by atoms with E-state index in [1.807, 2.05) is 11.8 Å². The third-order valence-corrected chi connectivity index (χ3v) is 4.28. The molecule has 0 atom stereocenters. The van der Waals surface area contributed by atoms with E-state index < -0.39 is 0 Å². The highest BCUT2D eigenvalue weighted by Gasteiger charge is 2.35. The highest BCUT2D eigenvalue weighted by atomic mass is 32.2. The molecule has 0 amide bonds. The van der Waals surface area contributed by atoms with Crippen molar-refractivity contribution in [3.05, 3.63) is 17.0 Å². The second kappa shape index (κ2) is 5.70. The normalized spacial score (nSPS) is 17.6. The molecular formula is C15H24N2OS. The van der Waals surface area contributed by atoms with Gasteiger partial charge in [0.25, 0.3) is 0 Å². The molecule has 0 radical (unpaired) electrons. The first-order valence-corrected chi connectivity index (χ1v) is 8.48. The predicted octanol–water partition coefficient (Wildman–Crippen LogP) is 3.35. The molecule has 19 heavy (non-hydrogen) atoms. The van der Waals surface area contributed by atoms with Gasteiger partial charge in [-0.15, -0.1) is 0 Å². The van der Waals surface area contributed by atoms with Gasteiger partial charge in [0.15, 0.2) is 5.78 Å². The fraction of sp³-hybridized carbons (Fsp3) is 0.733. The number of hydrogen-bond acceptors (Lipinski definition) is 3. The lowest BCUT2D eigenvalue weighted by Gasteiger charge is -2.27. The molecule has 1 aliphatic rings. The molecule has 1 heterocycles. The zero-order valence-corrected chi connectivity index (χ0v) is 13.3.